The Morgan fingerprint density at radius 1 is 1.14 bits per heavy atom. The Bertz CT molecular complexity index is 1060. The number of nitrogens with zero attached hydrogens (tertiary/aromatic N) is 2. The van der Waals surface area contributed by atoms with Crippen LogP contribution >= 0.6 is 11.6 Å². The van der Waals surface area contributed by atoms with Crippen molar-refractivity contribution in [2.45, 2.75) is 13.8 Å². The van der Waals surface area contributed by atoms with Gasteiger partial charge in [-0.05, 0) is 50.2 Å². The Morgan fingerprint density at radius 2 is 1.93 bits per heavy atom. The van der Waals surface area contributed by atoms with Gasteiger partial charge in [-0.25, -0.2) is 4.68 Å². The number of carbonyl (C=O) groups excluding carboxylic acids is 2. The van der Waals surface area contributed by atoms with Crippen LogP contribution in [0.2, 0.25) is 5.02 Å². The van der Waals surface area contributed by atoms with Gasteiger partial charge in [0.2, 0.25) is 0 Å². The summed E-state index contributed by atoms with van der Waals surface area (Å²) in [7, 11) is 1.47. The molecule has 29 heavy (non-hydrogen) atoms. The molecule has 0 aliphatic carbocycles. The molecule has 0 radical (unpaired) electrons. The molecular formula is C21H20ClN3O4. The van der Waals surface area contributed by atoms with E-state index in [1.807, 2.05) is 13.0 Å². The number of methoxy groups -OCH3 is 1. The maximum atomic E-state index is 12.4. The third kappa shape index (κ3) is 4.94. The number of amides is 1. The molecule has 0 saturated heterocycles. The van der Waals surface area contributed by atoms with Crippen LogP contribution in [0.3, 0.4) is 0 Å². The Balaban J connectivity index is 1.72. The number of nitrogens with one attached hydrogen (secondary N) is 1. The zero-order valence-corrected chi connectivity index (χ0v) is 17.0. The average Bonchev–Trinajstić information content (AvgIpc) is 3.06. The van der Waals surface area contributed by atoms with Crippen LogP contribution in [0.15, 0.2) is 48.5 Å². The van der Waals surface area contributed by atoms with Crippen molar-refractivity contribution in [3.05, 3.63) is 64.8 Å². The van der Waals surface area contributed by atoms with Crippen LogP contribution in [-0.2, 0) is 4.79 Å². The molecule has 3 aromatic rings. The SMILES string of the molecule is COc1cc(C(C)=O)ccc1OCC(=O)Nc1cc(C)nn1-c1cccc(Cl)c1. The smallest absolute Gasteiger partial charge is 0.263 e. The molecule has 0 atom stereocenters. The first-order valence-electron chi connectivity index (χ1n) is 8.81. The van der Waals surface area contributed by atoms with E-state index in [1.54, 1.807) is 47.1 Å². The highest BCUT2D eigenvalue weighted by Crippen LogP contribution is 2.28. The normalized spacial score (nSPS) is 10.5. The summed E-state index contributed by atoms with van der Waals surface area (Å²) in [4.78, 5) is 23.9. The Hall–Kier alpha value is -3.32. The lowest BCUT2D eigenvalue weighted by molar-refractivity contribution is -0.118. The number of anilines is 1. The number of carbonyl (C=O) groups is 2. The minimum absolute atomic E-state index is 0.0859. The maximum absolute atomic E-state index is 12.4. The highest BCUT2D eigenvalue weighted by atomic mass is 35.5. The van der Waals surface area contributed by atoms with E-state index in [4.69, 9.17) is 21.1 Å². The Kier molecular flexibility index (Phi) is 6.19. The average molecular weight is 414 g/mol. The minimum atomic E-state index is -0.370. The quantitative estimate of drug-likeness (QED) is 0.590. The molecule has 0 fully saturated rings. The van der Waals surface area contributed by atoms with Crippen molar-refractivity contribution in [2.75, 3.05) is 19.0 Å². The van der Waals surface area contributed by atoms with Gasteiger partial charge in [0.25, 0.3) is 5.91 Å². The minimum Gasteiger partial charge on any atom is -0.493 e. The Labute approximate surface area is 173 Å². The molecule has 1 N–H and O–H groups in total. The maximum Gasteiger partial charge on any atom is 0.263 e. The molecule has 0 saturated carbocycles. The van der Waals surface area contributed by atoms with E-state index in [1.165, 1.54) is 14.0 Å². The first-order valence-corrected chi connectivity index (χ1v) is 9.19. The number of benzene rings is 2. The fraction of sp³-hybridized carbons (Fsp3) is 0.190. The van der Waals surface area contributed by atoms with Crippen LogP contribution in [-0.4, -0.2) is 35.2 Å². The first-order chi connectivity index (χ1) is 13.9. The fourth-order valence-electron chi connectivity index (χ4n) is 2.72. The van der Waals surface area contributed by atoms with Crippen LogP contribution in [0, 0.1) is 6.92 Å². The van der Waals surface area contributed by atoms with E-state index >= 15 is 0 Å². The molecule has 150 valence electrons. The largest absolute Gasteiger partial charge is 0.493 e. The summed E-state index contributed by atoms with van der Waals surface area (Å²) >= 11 is 6.05. The highest BCUT2D eigenvalue weighted by Gasteiger charge is 2.14. The van der Waals surface area contributed by atoms with Gasteiger partial charge in [-0.15, -0.1) is 0 Å². The van der Waals surface area contributed by atoms with Crippen molar-refractivity contribution in [2.24, 2.45) is 0 Å². The molecule has 1 aromatic heterocycles. The van der Waals surface area contributed by atoms with Crippen molar-refractivity contribution >= 4 is 29.1 Å². The first kappa shape index (κ1) is 20.4. The number of hydrogen-bond donors (Lipinski definition) is 1. The molecule has 3 rings (SSSR count). The second-order valence-electron chi connectivity index (χ2n) is 6.32. The third-order valence-electron chi connectivity index (χ3n) is 4.08. The van der Waals surface area contributed by atoms with Crippen LogP contribution in [0.25, 0.3) is 5.69 Å². The fourth-order valence-corrected chi connectivity index (χ4v) is 2.91. The number of ketones is 1. The molecule has 7 nitrogen and oxygen atoms in total. The topological polar surface area (TPSA) is 82.4 Å². The highest BCUT2D eigenvalue weighted by molar-refractivity contribution is 6.30. The molecule has 1 heterocycles. The van der Waals surface area contributed by atoms with Crippen LogP contribution < -0.4 is 14.8 Å². The molecule has 2 aromatic carbocycles. The standard InChI is InChI=1S/C21H20ClN3O4/c1-13-9-20(25(24-13)17-6-4-5-16(22)11-17)23-21(27)12-29-18-8-7-15(14(2)26)10-19(18)28-3/h4-11H,12H2,1-3H3,(H,23,27). The molecule has 0 aliphatic rings. The lowest BCUT2D eigenvalue weighted by Crippen LogP contribution is -2.22. The summed E-state index contributed by atoms with van der Waals surface area (Å²) in [5.41, 5.74) is 1.96. The van der Waals surface area contributed by atoms with Gasteiger partial charge < -0.3 is 14.8 Å². The molecule has 0 unspecified atom stereocenters. The van der Waals surface area contributed by atoms with E-state index in [2.05, 4.69) is 10.4 Å². The summed E-state index contributed by atoms with van der Waals surface area (Å²) in [6, 6.07) is 13.7. The van der Waals surface area contributed by atoms with Gasteiger partial charge in [0.1, 0.15) is 5.82 Å². The van der Waals surface area contributed by atoms with E-state index in [0.717, 1.165) is 11.4 Å². The molecule has 0 aliphatic heterocycles. The second kappa shape index (κ2) is 8.79. The predicted molar refractivity (Wildman–Crippen MR) is 110 cm³/mol. The number of ether oxygens (including phenoxy) is 2. The number of Topliss-reactive ketones (excluding diaryl/α,β-unsaturated/α-hetero) is 1. The summed E-state index contributed by atoms with van der Waals surface area (Å²) < 4.78 is 12.4. The van der Waals surface area contributed by atoms with E-state index in [9.17, 15) is 9.59 Å². The predicted octanol–water partition coefficient (Wildman–Crippen LogP) is 4.06. The molecule has 8 heteroatoms. The van der Waals surface area contributed by atoms with Gasteiger partial charge in [-0.2, -0.15) is 5.10 Å². The number of halogens is 1. The summed E-state index contributed by atoms with van der Waals surface area (Å²) in [5.74, 6) is 0.790. The van der Waals surface area contributed by atoms with Gasteiger partial charge in [0, 0.05) is 16.7 Å². The van der Waals surface area contributed by atoms with E-state index in [0.29, 0.717) is 27.9 Å². The molecule has 0 bridgehead atoms. The lowest BCUT2D eigenvalue weighted by Gasteiger charge is -2.12. The van der Waals surface area contributed by atoms with Crippen molar-refractivity contribution in [3.8, 4) is 17.2 Å². The summed E-state index contributed by atoms with van der Waals surface area (Å²) in [6.07, 6.45) is 0. The monoisotopic (exact) mass is 413 g/mol. The van der Waals surface area contributed by atoms with Crippen molar-refractivity contribution < 1.29 is 19.1 Å². The van der Waals surface area contributed by atoms with Gasteiger partial charge in [0.15, 0.2) is 23.9 Å². The molecule has 1 amide bonds. The van der Waals surface area contributed by atoms with E-state index in [-0.39, 0.29) is 18.3 Å². The zero-order chi connectivity index (χ0) is 21.0. The van der Waals surface area contributed by atoms with Gasteiger partial charge in [0.05, 0.1) is 18.5 Å². The number of rotatable bonds is 7. The molecular weight excluding hydrogens is 394 g/mol. The lowest BCUT2D eigenvalue weighted by atomic mass is 10.1. The second-order valence-corrected chi connectivity index (χ2v) is 6.76. The summed E-state index contributed by atoms with van der Waals surface area (Å²) in [6.45, 7) is 3.05. The third-order valence-corrected chi connectivity index (χ3v) is 4.32. The number of aromatic nitrogens is 2. The van der Waals surface area contributed by atoms with E-state index < -0.39 is 0 Å². The van der Waals surface area contributed by atoms with Crippen LogP contribution in [0.4, 0.5) is 5.82 Å². The summed E-state index contributed by atoms with van der Waals surface area (Å²) in [5, 5.41) is 7.75. The number of hydrogen-bond acceptors (Lipinski definition) is 5. The van der Waals surface area contributed by atoms with Crippen molar-refractivity contribution in [3.63, 3.8) is 0 Å². The number of aryl methyl sites for hydroxylation is 1. The van der Waals surface area contributed by atoms with Gasteiger partial charge >= 0.3 is 0 Å². The zero-order valence-electron chi connectivity index (χ0n) is 16.2. The van der Waals surface area contributed by atoms with Gasteiger partial charge in [-0.1, -0.05) is 17.7 Å². The van der Waals surface area contributed by atoms with Crippen LogP contribution in [0.1, 0.15) is 23.0 Å². The van der Waals surface area contributed by atoms with Crippen molar-refractivity contribution in [1.29, 1.82) is 0 Å². The molecule has 0 spiro atoms. The van der Waals surface area contributed by atoms with Gasteiger partial charge in [-0.3, -0.25) is 9.59 Å². The Morgan fingerprint density at radius 3 is 2.62 bits per heavy atom. The van der Waals surface area contributed by atoms with Crippen molar-refractivity contribution in [1.82, 2.24) is 9.78 Å². The van der Waals surface area contributed by atoms with Crippen LogP contribution in [0.5, 0.6) is 11.5 Å².